The number of esters is 1. The van der Waals surface area contributed by atoms with Crippen LogP contribution in [0.1, 0.15) is 15.9 Å². The van der Waals surface area contributed by atoms with Crippen LogP contribution < -0.4 is 20.3 Å². The first-order valence-electron chi connectivity index (χ1n) is 8.14. The van der Waals surface area contributed by atoms with Gasteiger partial charge in [0.25, 0.3) is 11.8 Å². The predicted molar refractivity (Wildman–Crippen MR) is 101 cm³/mol. The van der Waals surface area contributed by atoms with Crippen molar-refractivity contribution in [2.75, 3.05) is 20.8 Å². The van der Waals surface area contributed by atoms with E-state index in [2.05, 4.69) is 10.9 Å². The van der Waals surface area contributed by atoms with Gasteiger partial charge in [-0.2, -0.15) is 0 Å². The number of benzene rings is 2. The molecule has 0 atom stereocenters. The van der Waals surface area contributed by atoms with E-state index in [1.165, 1.54) is 19.2 Å². The van der Waals surface area contributed by atoms with Gasteiger partial charge in [0.1, 0.15) is 11.5 Å². The monoisotopic (exact) mass is 406 g/mol. The Kier molecular flexibility index (Phi) is 7.65. The second-order valence-corrected chi connectivity index (χ2v) is 5.97. The molecule has 0 bridgehead atoms. The molecule has 2 amide bonds. The molecule has 2 aromatic carbocycles. The highest BCUT2D eigenvalue weighted by Crippen LogP contribution is 2.22. The first-order valence-corrected chi connectivity index (χ1v) is 8.52. The van der Waals surface area contributed by atoms with E-state index in [1.807, 2.05) is 0 Å². The van der Waals surface area contributed by atoms with E-state index in [0.29, 0.717) is 22.1 Å². The van der Waals surface area contributed by atoms with Crippen molar-refractivity contribution in [2.45, 2.75) is 6.42 Å². The van der Waals surface area contributed by atoms with Gasteiger partial charge >= 0.3 is 5.97 Å². The van der Waals surface area contributed by atoms with Crippen LogP contribution in [0, 0.1) is 0 Å². The Morgan fingerprint density at radius 1 is 0.964 bits per heavy atom. The minimum atomic E-state index is -0.697. The second kappa shape index (κ2) is 10.2. The summed E-state index contributed by atoms with van der Waals surface area (Å²) in [5.41, 5.74) is 5.22. The van der Waals surface area contributed by atoms with Crippen molar-refractivity contribution in [3.05, 3.63) is 58.6 Å². The minimum Gasteiger partial charge on any atom is -0.497 e. The molecule has 2 aromatic rings. The number of hydrogen-bond donors (Lipinski definition) is 2. The van der Waals surface area contributed by atoms with Crippen LogP contribution in [0.3, 0.4) is 0 Å². The van der Waals surface area contributed by atoms with Gasteiger partial charge in [-0.15, -0.1) is 0 Å². The summed E-state index contributed by atoms with van der Waals surface area (Å²) in [7, 11) is 2.95. The van der Waals surface area contributed by atoms with Gasteiger partial charge in [-0.1, -0.05) is 23.7 Å². The molecule has 0 saturated heterocycles. The molecule has 28 heavy (non-hydrogen) atoms. The number of amides is 2. The van der Waals surface area contributed by atoms with Crippen molar-refractivity contribution in [2.24, 2.45) is 0 Å². The van der Waals surface area contributed by atoms with E-state index >= 15 is 0 Å². The number of hydrogen-bond acceptors (Lipinski definition) is 6. The van der Waals surface area contributed by atoms with Gasteiger partial charge in [-0.25, -0.2) is 0 Å². The number of ether oxygens (including phenoxy) is 3. The van der Waals surface area contributed by atoms with Gasteiger partial charge in [0.15, 0.2) is 6.61 Å². The molecule has 0 unspecified atom stereocenters. The van der Waals surface area contributed by atoms with Crippen molar-refractivity contribution >= 4 is 29.4 Å². The lowest BCUT2D eigenvalue weighted by Crippen LogP contribution is -2.43. The number of carbonyl (C=O) groups excluding carboxylic acids is 3. The van der Waals surface area contributed by atoms with Crippen LogP contribution in [0.2, 0.25) is 5.02 Å². The number of halogens is 1. The Labute approximate surface area is 166 Å². The highest BCUT2D eigenvalue weighted by molar-refractivity contribution is 6.31. The molecule has 2 N–H and O–H groups in total. The molecular weight excluding hydrogens is 388 g/mol. The fourth-order valence-corrected chi connectivity index (χ4v) is 2.37. The summed E-state index contributed by atoms with van der Waals surface area (Å²) >= 11 is 5.86. The average molecular weight is 407 g/mol. The average Bonchev–Trinajstić information content (AvgIpc) is 2.71. The smallest absolute Gasteiger partial charge is 0.310 e. The fourth-order valence-electron chi connectivity index (χ4n) is 2.19. The third-order valence-electron chi connectivity index (χ3n) is 3.59. The van der Waals surface area contributed by atoms with E-state index in [1.54, 1.807) is 37.4 Å². The van der Waals surface area contributed by atoms with Gasteiger partial charge in [0, 0.05) is 5.02 Å². The van der Waals surface area contributed by atoms with E-state index < -0.39 is 24.4 Å². The van der Waals surface area contributed by atoms with E-state index in [0.717, 1.165) is 0 Å². The fraction of sp³-hybridized carbons (Fsp3) is 0.211. The minimum absolute atomic E-state index is 0.00332. The largest absolute Gasteiger partial charge is 0.497 e. The first kappa shape index (κ1) is 21.0. The Morgan fingerprint density at radius 3 is 2.32 bits per heavy atom. The van der Waals surface area contributed by atoms with Crippen LogP contribution in [0.5, 0.6) is 11.5 Å². The maximum atomic E-state index is 12.1. The quantitative estimate of drug-likeness (QED) is 0.537. The van der Waals surface area contributed by atoms with Crippen LogP contribution in [-0.4, -0.2) is 38.6 Å². The topological polar surface area (TPSA) is 103 Å². The van der Waals surface area contributed by atoms with Gasteiger partial charge in [0.05, 0.1) is 26.2 Å². The molecule has 8 nitrogen and oxygen atoms in total. The summed E-state index contributed by atoms with van der Waals surface area (Å²) < 4.78 is 15.0. The SMILES string of the molecule is COc1ccc(CC(=O)OCC(=O)NNC(=O)c2cc(Cl)ccc2OC)cc1. The normalized spacial score (nSPS) is 9.96. The van der Waals surface area contributed by atoms with Gasteiger partial charge in [0.2, 0.25) is 0 Å². The maximum Gasteiger partial charge on any atom is 0.310 e. The molecule has 0 aliphatic rings. The molecule has 0 saturated carbocycles. The maximum absolute atomic E-state index is 12.1. The molecule has 9 heteroatoms. The number of carbonyl (C=O) groups is 3. The van der Waals surface area contributed by atoms with Gasteiger partial charge in [-0.3, -0.25) is 25.2 Å². The summed E-state index contributed by atoms with van der Waals surface area (Å²) in [5, 5.41) is 0.338. The molecule has 0 aromatic heterocycles. The molecule has 0 aliphatic heterocycles. The van der Waals surface area contributed by atoms with Crippen LogP contribution in [0.15, 0.2) is 42.5 Å². The molecule has 0 heterocycles. The van der Waals surface area contributed by atoms with Crippen LogP contribution in [0.25, 0.3) is 0 Å². The Morgan fingerprint density at radius 2 is 1.68 bits per heavy atom. The number of hydrazine groups is 1. The Hall–Kier alpha value is -3.26. The van der Waals surface area contributed by atoms with E-state index in [-0.39, 0.29) is 12.0 Å². The lowest BCUT2D eigenvalue weighted by Gasteiger charge is -2.11. The zero-order chi connectivity index (χ0) is 20.5. The number of nitrogens with one attached hydrogen (secondary N) is 2. The van der Waals surface area contributed by atoms with Crippen molar-refractivity contribution in [1.29, 1.82) is 0 Å². The zero-order valence-electron chi connectivity index (χ0n) is 15.3. The van der Waals surface area contributed by atoms with Gasteiger partial charge in [-0.05, 0) is 35.9 Å². The lowest BCUT2D eigenvalue weighted by atomic mass is 10.1. The summed E-state index contributed by atoms with van der Waals surface area (Å²) in [5.74, 6) is -0.941. The first-order chi connectivity index (χ1) is 13.4. The summed E-state index contributed by atoms with van der Waals surface area (Å²) in [6.07, 6.45) is 0.00332. The van der Waals surface area contributed by atoms with Crippen LogP contribution >= 0.6 is 11.6 Å². The standard InChI is InChI=1S/C19H19ClN2O6/c1-26-14-6-3-12(4-7-14)9-18(24)28-11-17(23)21-22-19(25)15-10-13(20)5-8-16(15)27-2/h3-8,10H,9,11H2,1-2H3,(H,21,23)(H,22,25). The highest BCUT2D eigenvalue weighted by atomic mass is 35.5. The van der Waals surface area contributed by atoms with Crippen molar-refractivity contribution < 1.29 is 28.6 Å². The van der Waals surface area contributed by atoms with Crippen LogP contribution in [-0.2, 0) is 20.7 Å². The molecule has 0 fully saturated rings. The third-order valence-corrected chi connectivity index (χ3v) is 3.83. The summed E-state index contributed by atoms with van der Waals surface area (Å²) in [4.78, 5) is 35.7. The van der Waals surface area contributed by atoms with Crippen molar-refractivity contribution in [3.8, 4) is 11.5 Å². The van der Waals surface area contributed by atoms with E-state index in [4.69, 9.17) is 25.8 Å². The second-order valence-electron chi connectivity index (χ2n) is 5.53. The zero-order valence-corrected chi connectivity index (χ0v) is 16.0. The predicted octanol–water partition coefficient (Wildman–Crippen LogP) is 1.90. The molecule has 2 rings (SSSR count). The van der Waals surface area contributed by atoms with Crippen LogP contribution in [0.4, 0.5) is 0 Å². The molecule has 0 radical (unpaired) electrons. The Balaban J connectivity index is 1.78. The van der Waals surface area contributed by atoms with E-state index in [9.17, 15) is 14.4 Å². The molecule has 0 spiro atoms. The van der Waals surface area contributed by atoms with Crippen molar-refractivity contribution in [3.63, 3.8) is 0 Å². The molecule has 0 aliphatic carbocycles. The lowest BCUT2D eigenvalue weighted by molar-refractivity contribution is -0.148. The van der Waals surface area contributed by atoms with Crippen molar-refractivity contribution in [1.82, 2.24) is 10.9 Å². The van der Waals surface area contributed by atoms with Gasteiger partial charge < -0.3 is 14.2 Å². The highest BCUT2D eigenvalue weighted by Gasteiger charge is 2.14. The summed E-state index contributed by atoms with van der Waals surface area (Å²) in [6.45, 7) is -0.540. The number of methoxy groups -OCH3 is 2. The third kappa shape index (κ3) is 6.17. The summed E-state index contributed by atoms with van der Waals surface area (Å²) in [6, 6.07) is 11.4. The number of rotatable bonds is 7. The molecule has 148 valence electrons. The Bertz CT molecular complexity index is 854. The molecular formula is C19H19ClN2O6.